The van der Waals surface area contributed by atoms with Gasteiger partial charge in [0.2, 0.25) is 0 Å². The third kappa shape index (κ3) is 4.20. The summed E-state index contributed by atoms with van der Waals surface area (Å²) in [4.78, 5) is 22.4. The van der Waals surface area contributed by atoms with Crippen LogP contribution in [0.4, 0.5) is 11.4 Å². The lowest BCUT2D eigenvalue weighted by Gasteiger charge is -2.17. The topological polar surface area (TPSA) is 99.7 Å². The molecular weight excluding hydrogens is 262 g/mol. The van der Waals surface area contributed by atoms with Crippen LogP contribution in [-0.4, -0.2) is 37.1 Å². The number of nitro groups is 1. The number of carbonyl (C=O) groups excluding carboxylic acids is 1. The maximum atomic E-state index is 11.0. The summed E-state index contributed by atoms with van der Waals surface area (Å²) < 4.78 is 0. The summed E-state index contributed by atoms with van der Waals surface area (Å²) in [5.41, 5.74) is -0.0972. The molecule has 0 aliphatic carbocycles. The van der Waals surface area contributed by atoms with Gasteiger partial charge in [-0.25, -0.2) is 0 Å². The molecule has 20 heavy (non-hydrogen) atoms. The first kappa shape index (κ1) is 15.9. The maximum Gasteiger partial charge on any atom is 0.270 e. The Labute approximate surface area is 117 Å². The first-order valence-electron chi connectivity index (χ1n) is 6.56. The monoisotopic (exact) mass is 281 g/mol. The number of benzene rings is 1. The van der Waals surface area contributed by atoms with Crippen LogP contribution in [0.5, 0.6) is 0 Å². The first-order valence-corrected chi connectivity index (χ1v) is 6.56. The molecule has 0 aromatic heterocycles. The SMILES string of the molecule is CC[NH+](CC)CCNc1ccc([N+](=O)[O-])cc1C(=O)[O-]. The quantitative estimate of drug-likeness (QED) is 0.484. The van der Waals surface area contributed by atoms with Crippen LogP contribution < -0.4 is 15.3 Å². The third-order valence-electron chi connectivity index (χ3n) is 3.23. The second-order valence-corrected chi connectivity index (χ2v) is 4.41. The number of carboxylic acid groups (broad SMARTS) is 1. The Hall–Kier alpha value is -2.15. The van der Waals surface area contributed by atoms with E-state index in [2.05, 4.69) is 19.2 Å². The van der Waals surface area contributed by atoms with Gasteiger partial charge < -0.3 is 20.1 Å². The van der Waals surface area contributed by atoms with Gasteiger partial charge in [0.25, 0.3) is 5.69 Å². The molecule has 2 N–H and O–H groups in total. The number of hydrogen-bond acceptors (Lipinski definition) is 5. The van der Waals surface area contributed by atoms with Crippen LogP contribution in [0, 0.1) is 10.1 Å². The second-order valence-electron chi connectivity index (χ2n) is 4.41. The summed E-state index contributed by atoms with van der Waals surface area (Å²) in [5.74, 6) is -1.42. The molecule has 0 heterocycles. The van der Waals surface area contributed by atoms with Gasteiger partial charge in [-0.2, -0.15) is 0 Å². The van der Waals surface area contributed by atoms with Crippen molar-refractivity contribution in [3.8, 4) is 0 Å². The molecule has 0 saturated heterocycles. The average molecular weight is 281 g/mol. The van der Waals surface area contributed by atoms with Crippen molar-refractivity contribution >= 4 is 17.3 Å². The fraction of sp³-hybridized carbons (Fsp3) is 0.462. The van der Waals surface area contributed by atoms with Gasteiger partial charge in [0.05, 0.1) is 37.1 Å². The summed E-state index contributed by atoms with van der Waals surface area (Å²) >= 11 is 0. The van der Waals surface area contributed by atoms with Crippen molar-refractivity contribution in [3.63, 3.8) is 0 Å². The van der Waals surface area contributed by atoms with Crippen molar-refractivity contribution in [1.29, 1.82) is 0 Å². The summed E-state index contributed by atoms with van der Waals surface area (Å²) in [6, 6.07) is 3.70. The van der Waals surface area contributed by atoms with Gasteiger partial charge in [-0.3, -0.25) is 10.1 Å². The minimum absolute atomic E-state index is 0.186. The Balaban J connectivity index is 2.79. The van der Waals surface area contributed by atoms with Crippen LogP contribution in [0.3, 0.4) is 0 Å². The molecule has 7 heteroatoms. The lowest BCUT2D eigenvalue weighted by atomic mass is 10.1. The Morgan fingerprint density at radius 2 is 2.00 bits per heavy atom. The molecule has 0 radical (unpaired) electrons. The van der Waals surface area contributed by atoms with Gasteiger partial charge in [-0.05, 0) is 19.9 Å². The predicted molar refractivity (Wildman–Crippen MR) is 72.8 cm³/mol. The van der Waals surface area contributed by atoms with Gasteiger partial charge in [0, 0.05) is 23.4 Å². The molecule has 110 valence electrons. The molecule has 1 rings (SSSR count). The van der Waals surface area contributed by atoms with Crippen molar-refractivity contribution < 1.29 is 19.7 Å². The number of likely N-dealkylation sites (N-methyl/N-ethyl adjacent to an activating group) is 1. The van der Waals surface area contributed by atoms with Crippen molar-refractivity contribution in [1.82, 2.24) is 0 Å². The first-order chi connectivity index (χ1) is 9.49. The number of non-ortho nitro benzene ring substituents is 1. The standard InChI is InChI=1S/C13H19N3O4/c1-3-15(4-2)8-7-14-12-6-5-10(16(19)20)9-11(12)13(17)18/h5-6,9,14H,3-4,7-8H2,1-2H3,(H,17,18). The molecule has 1 aromatic rings. The summed E-state index contributed by atoms with van der Waals surface area (Å²) in [6.07, 6.45) is 0. The average Bonchev–Trinajstić information content (AvgIpc) is 2.43. The molecule has 0 spiro atoms. The molecule has 0 aliphatic heterocycles. The van der Waals surface area contributed by atoms with Gasteiger partial charge in [0.15, 0.2) is 0 Å². The molecule has 0 bridgehead atoms. The van der Waals surface area contributed by atoms with E-state index in [1.54, 1.807) is 0 Å². The van der Waals surface area contributed by atoms with Gasteiger partial charge in [0.1, 0.15) is 0 Å². The van der Waals surface area contributed by atoms with Crippen LogP contribution in [0.1, 0.15) is 24.2 Å². The molecule has 0 saturated carbocycles. The molecule has 0 unspecified atom stereocenters. The predicted octanol–water partition coefficient (Wildman–Crippen LogP) is -0.705. The number of anilines is 1. The summed E-state index contributed by atoms with van der Waals surface area (Å²) in [6.45, 7) is 7.58. The maximum absolute atomic E-state index is 11.0. The number of nitro benzene ring substituents is 1. The van der Waals surface area contributed by atoms with Gasteiger partial charge in [-0.15, -0.1) is 0 Å². The van der Waals surface area contributed by atoms with Gasteiger partial charge in [-0.1, -0.05) is 0 Å². The molecule has 1 aromatic carbocycles. The Morgan fingerprint density at radius 1 is 1.35 bits per heavy atom. The van der Waals surface area contributed by atoms with E-state index in [1.165, 1.54) is 17.0 Å². The molecule has 0 atom stereocenters. The van der Waals surface area contributed by atoms with E-state index in [4.69, 9.17) is 0 Å². The lowest BCUT2D eigenvalue weighted by Crippen LogP contribution is -3.12. The molecule has 7 nitrogen and oxygen atoms in total. The van der Waals surface area contributed by atoms with E-state index in [9.17, 15) is 20.0 Å². The van der Waals surface area contributed by atoms with Crippen molar-refractivity contribution in [2.24, 2.45) is 0 Å². The number of aromatic carboxylic acids is 1. The zero-order chi connectivity index (χ0) is 15.1. The number of quaternary nitrogens is 1. The number of nitrogens with zero attached hydrogens (tertiary/aromatic N) is 1. The summed E-state index contributed by atoms with van der Waals surface area (Å²) in [7, 11) is 0. The van der Waals surface area contributed by atoms with Crippen LogP contribution >= 0.6 is 0 Å². The highest BCUT2D eigenvalue weighted by Gasteiger charge is 2.12. The zero-order valence-electron chi connectivity index (χ0n) is 11.6. The zero-order valence-corrected chi connectivity index (χ0v) is 11.6. The highest BCUT2D eigenvalue weighted by atomic mass is 16.6. The highest BCUT2D eigenvalue weighted by Crippen LogP contribution is 2.21. The lowest BCUT2D eigenvalue weighted by molar-refractivity contribution is -0.894. The minimum Gasteiger partial charge on any atom is -0.545 e. The van der Waals surface area contributed by atoms with E-state index >= 15 is 0 Å². The van der Waals surface area contributed by atoms with E-state index in [0.29, 0.717) is 12.2 Å². The third-order valence-corrected chi connectivity index (χ3v) is 3.23. The number of carbonyl (C=O) groups is 1. The molecular formula is C13H19N3O4. The fourth-order valence-electron chi connectivity index (χ4n) is 1.95. The smallest absolute Gasteiger partial charge is 0.270 e. The Kier molecular flexibility index (Phi) is 5.92. The number of rotatable bonds is 8. The molecule has 0 aliphatic rings. The fourth-order valence-corrected chi connectivity index (χ4v) is 1.95. The number of nitrogens with one attached hydrogen (secondary N) is 2. The molecule has 0 amide bonds. The van der Waals surface area contributed by atoms with E-state index in [0.717, 1.165) is 25.7 Å². The van der Waals surface area contributed by atoms with Gasteiger partial charge >= 0.3 is 0 Å². The summed E-state index contributed by atoms with van der Waals surface area (Å²) in [5, 5.41) is 24.7. The Morgan fingerprint density at radius 3 is 2.50 bits per heavy atom. The van der Waals surface area contributed by atoms with E-state index in [-0.39, 0.29) is 11.3 Å². The van der Waals surface area contributed by atoms with Crippen LogP contribution in [0.15, 0.2) is 18.2 Å². The second kappa shape index (κ2) is 7.44. The van der Waals surface area contributed by atoms with E-state index < -0.39 is 10.9 Å². The molecule has 0 fully saturated rings. The Bertz CT molecular complexity index is 487. The van der Waals surface area contributed by atoms with Crippen LogP contribution in [0.25, 0.3) is 0 Å². The van der Waals surface area contributed by atoms with Crippen LogP contribution in [-0.2, 0) is 0 Å². The largest absolute Gasteiger partial charge is 0.545 e. The normalized spacial score (nSPS) is 10.6. The minimum atomic E-state index is -1.42. The number of carboxylic acids is 1. The van der Waals surface area contributed by atoms with Crippen molar-refractivity contribution in [2.45, 2.75) is 13.8 Å². The van der Waals surface area contributed by atoms with Crippen LogP contribution in [0.2, 0.25) is 0 Å². The number of hydrogen-bond donors (Lipinski definition) is 2. The van der Waals surface area contributed by atoms with Crippen molar-refractivity contribution in [2.75, 3.05) is 31.5 Å². The highest BCUT2D eigenvalue weighted by molar-refractivity contribution is 5.93. The van der Waals surface area contributed by atoms with E-state index in [1.807, 2.05) is 0 Å². The van der Waals surface area contributed by atoms with Crippen molar-refractivity contribution in [3.05, 3.63) is 33.9 Å².